The van der Waals surface area contributed by atoms with E-state index in [1.54, 1.807) is 11.3 Å². The molecule has 0 aliphatic rings. The second-order valence-corrected chi connectivity index (χ2v) is 4.28. The molecule has 1 amide bonds. The summed E-state index contributed by atoms with van der Waals surface area (Å²) in [5, 5.41) is 6.88. The summed E-state index contributed by atoms with van der Waals surface area (Å²) in [4.78, 5) is 11.5. The Balaban J connectivity index is 0.00000196. The van der Waals surface area contributed by atoms with Crippen LogP contribution in [0.15, 0.2) is 16.8 Å². The third-order valence-corrected chi connectivity index (χ3v) is 2.98. The van der Waals surface area contributed by atoms with Crippen LogP contribution in [0.3, 0.4) is 0 Å². The van der Waals surface area contributed by atoms with Crippen LogP contribution in [-0.2, 0) is 11.3 Å². The van der Waals surface area contributed by atoms with Crippen LogP contribution < -0.4 is 11.1 Å². The Morgan fingerprint density at radius 3 is 2.73 bits per heavy atom. The molecular formula is C10H17ClN2OS. The zero-order valence-electron chi connectivity index (χ0n) is 8.90. The number of nitrogens with one attached hydrogen (secondary N) is 1. The summed E-state index contributed by atoms with van der Waals surface area (Å²) in [6.45, 7) is 4.28. The lowest BCUT2D eigenvalue weighted by atomic mass is 10.0. The van der Waals surface area contributed by atoms with Gasteiger partial charge in [-0.05, 0) is 29.3 Å². The molecule has 86 valence electrons. The molecule has 2 atom stereocenters. The van der Waals surface area contributed by atoms with Gasteiger partial charge in [-0.1, -0.05) is 6.92 Å². The molecule has 0 radical (unpaired) electrons. The number of rotatable bonds is 4. The number of hydrogen-bond acceptors (Lipinski definition) is 3. The molecule has 1 heterocycles. The van der Waals surface area contributed by atoms with Gasteiger partial charge in [0.05, 0.1) is 0 Å². The van der Waals surface area contributed by atoms with Crippen LogP contribution in [0.5, 0.6) is 0 Å². The lowest BCUT2D eigenvalue weighted by Crippen LogP contribution is -2.38. The van der Waals surface area contributed by atoms with E-state index in [2.05, 4.69) is 5.32 Å². The number of carbonyl (C=O) groups excluding carboxylic acids is 1. The highest BCUT2D eigenvalue weighted by molar-refractivity contribution is 7.07. The first-order valence-corrected chi connectivity index (χ1v) is 5.60. The number of thiophene rings is 1. The predicted molar refractivity (Wildman–Crippen MR) is 66.2 cm³/mol. The molecule has 3 N–H and O–H groups in total. The van der Waals surface area contributed by atoms with Crippen molar-refractivity contribution in [3.05, 3.63) is 22.4 Å². The lowest BCUT2D eigenvalue weighted by molar-refractivity contribution is -0.125. The maximum absolute atomic E-state index is 11.5. The fourth-order valence-corrected chi connectivity index (χ4v) is 1.65. The summed E-state index contributed by atoms with van der Waals surface area (Å²) in [5.41, 5.74) is 6.77. The number of carbonyl (C=O) groups is 1. The summed E-state index contributed by atoms with van der Waals surface area (Å²) < 4.78 is 0. The van der Waals surface area contributed by atoms with Crippen LogP contribution >= 0.6 is 23.7 Å². The van der Waals surface area contributed by atoms with Gasteiger partial charge in [0.15, 0.2) is 0 Å². The van der Waals surface area contributed by atoms with Crippen LogP contribution in [-0.4, -0.2) is 11.9 Å². The van der Waals surface area contributed by atoms with E-state index in [1.165, 1.54) is 0 Å². The first kappa shape index (κ1) is 14.4. The summed E-state index contributed by atoms with van der Waals surface area (Å²) in [7, 11) is 0. The van der Waals surface area contributed by atoms with E-state index in [-0.39, 0.29) is 30.3 Å². The van der Waals surface area contributed by atoms with E-state index in [1.807, 2.05) is 30.7 Å². The highest BCUT2D eigenvalue weighted by Gasteiger charge is 2.16. The molecule has 1 aromatic heterocycles. The third kappa shape index (κ3) is 4.64. The molecule has 0 aliphatic carbocycles. The average molecular weight is 249 g/mol. The average Bonchev–Trinajstić information content (AvgIpc) is 2.65. The quantitative estimate of drug-likeness (QED) is 0.853. The Labute approximate surface area is 100 Å². The second kappa shape index (κ2) is 6.82. The van der Waals surface area contributed by atoms with Crippen LogP contribution in [0.1, 0.15) is 19.4 Å². The molecule has 5 heteroatoms. The number of hydrogen-bond donors (Lipinski definition) is 2. The van der Waals surface area contributed by atoms with E-state index < -0.39 is 0 Å². The van der Waals surface area contributed by atoms with Crippen molar-refractivity contribution in [2.45, 2.75) is 26.4 Å². The van der Waals surface area contributed by atoms with Gasteiger partial charge in [-0.2, -0.15) is 11.3 Å². The van der Waals surface area contributed by atoms with E-state index in [0.717, 1.165) is 5.56 Å². The predicted octanol–water partition coefficient (Wildman–Crippen LogP) is 1.77. The minimum Gasteiger partial charge on any atom is -0.352 e. The molecular weight excluding hydrogens is 232 g/mol. The highest BCUT2D eigenvalue weighted by Crippen LogP contribution is 2.06. The first-order chi connectivity index (χ1) is 6.61. The van der Waals surface area contributed by atoms with Crippen LogP contribution in [0.4, 0.5) is 0 Å². The van der Waals surface area contributed by atoms with E-state index >= 15 is 0 Å². The van der Waals surface area contributed by atoms with Crippen molar-refractivity contribution >= 4 is 29.7 Å². The van der Waals surface area contributed by atoms with Crippen molar-refractivity contribution in [3.63, 3.8) is 0 Å². The van der Waals surface area contributed by atoms with Gasteiger partial charge < -0.3 is 11.1 Å². The molecule has 0 bridgehead atoms. The monoisotopic (exact) mass is 248 g/mol. The second-order valence-electron chi connectivity index (χ2n) is 3.50. The van der Waals surface area contributed by atoms with E-state index in [4.69, 9.17) is 5.73 Å². The maximum atomic E-state index is 11.5. The van der Waals surface area contributed by atoms with E-state index in [0.29, 0.717) is 6.54 Å². The molecule has 0 aromatic carbocycles. The van der Waals surface area contributed by atoms with Crippen molar-refractivity contribution in [1.82, 2.24) is 5.32 Å². The van der Waals surface area contributed by atoms with Gasteiger partial charge in [0.1, 0.15) is 0 Å². The zero-order valence-corrected chi connectivity index (χ0v) is 10.5. The number of halogens is 1. The Kier molecular flexibility index (Phi) is 6.56. The van der Waals surface area contributed by atoms with E-state index in [9.17, 15) is 4.79 Å². The topological polar surface area (TPSA) is 55.1 Å². The standard InChI is InChI=1S/C10H16N2OS.ClH/c1-7(8(2)11)10(13)12-5-9-3-4-14-6-9;/h3-4,6-8H,5,11H2,1-2H3,(H,12,13);1H. The lowest BCUT2D eigenvalue weighted by Gasteiger charge is -2.14. The zero-order chi connectivity index (χ0) is 10.6. The Morgan fingerprint density at radius 1 is 1.60 bits per heavy atom. The molecule has 0 spiro atoms. The number of nitrogens with two attached hydrogens (primary N) is 1. The van der Waals surface area contributed by atoms with Gasteiger partial charge >= 0.3 is 0 Å². The van der Waals surface area contributed by atoms with Crippen molar-refractivity contribution in [2.75, 3.05) is 0 Å². The van der Waals surface area contributed by atoms with Gasteiger partial charge in [0.2, 0.25) is 5.91 Å². The molecule has 1 rings (SSSR count). The molecule has 2 unspecified atom stereocenters. The molecule has 15 heavy (non-hydrogen) atoms. The largest absolute Gasteiger partial charge is 0.352 e. The van der Waals surface area contributed by atoms with Crippen molar-refractivity contribution < 1.29 is 4.79 Å². The van der Waals surface area contributed by atoms with Gasteiger partial charge in [-0.3, -0.25) is 4.79 Å². The van der Waals surface area contributed by atoms with Crippen molar-refractivity contribution in [1.29, 1.82) is 0 Å². The first-order valence-electron chi connectivity index (χ1n) is 4.65. The fourth-order valence-electron chi connectivity index (χ4n) is 0.982. The molecule has 1 aromatic rings. The fraction of sp³-hybridized carbons (Fsp3) is 0.500. The summed E-state index contributed by atoms with van der Waals surface area (Å²) in [5.74, 6) is -0.111. The van der Waals surface area contributed by atoms with Crippen molar-refractivity contribution in [3.8, 4) is 0 Å². The third-order valence-electron chi connectivity index (χ3n) is 2.25. The smallest absolute Gasteiger partial charge is 0.224 e. The van der Waals surface area contributed by atoms with Crippen molar-refractivity contribution in [2.24, 2.45) is 11.7 Å². The van der Waals surface area contributed by atoms with Gasteiger partial charge in [-0.25, -0.2) is 0 Å². The Bertz CT molecular complexity index is 288. The SMILES string of the molecule is CC(N)C(C)C(=O)NCc1ccsc1.Cl. The Morgan fingerprint density at radius 2 is 2.27 bits per heavy atom. The molecule has 0 fully saturated rings. The summed E-state index contributed by atoms with van der Waals surface area (Å²) >= 11 is 1.63. The molecule has 0 saturated heterocycles. The highest BCUT2D eigenvalue weighted by atomic mass is 35.5. The summed E-state index contributed by atoms with van der Waals surface area (Å²) in [6, 6.07) is 1.90. The van der Waals surface area contributed by atoms with Crippen LogP contribution in [0.25, 0.3) is 0 Å². The van der Waals surface area contributed by atoms with Crippen LogP contribution in [0, 0.1) is 5.92 Å². The minimum absolute atomic E-state index is 0. The number of amides is 1. The van der Waals surface area contributed by atoms with Crippen LogP contribution in [0.2, 0.25) is 0 Å². The van der Waals surface area contributed by atoms with Gasteiger partial charge in [0, 0.05) is 18.5 Å². The van der Waals surface area contributed by atoms with Gasteiger partial charge in [-0.15, -0.1) is 12.4 Å². The summed E-state index contributed by atoms with van der Waals surface area (Å²) in [6.07, 6.45) is 0. The van der Waals surface area contributed by atoms with Gasteiger partial charge in [0.25, 0.3) is 0 Å². The molecule has 0 aliphatic heterocycles. The maximum Gasteiger partial charge on any atom is 0.224 e. The molecule has 3 nitrogen and oxygen atoms in total. The minimum atomic E-state index is -0.131. The Hall–Kier alpha value is -0.580. The normalized spacial score (nSPS) is 13.8. The molecule has 0 saturated carbocycles.